The maximum Gasteiger partial charge on any atom is 0.291 e. The molecule has 36 heavy (non-hydrogen) atoms. The number of para-hydroxylation sites is 1. The van der Waals surface area contributed by atoms with E-state index in [4.69, 9.17) is 20.4 Å². The average Bonchev–Trinajstić information content (AvgIpc) is 3.52. The van der Waals surface area contributed by atoms with Crippen molar-refractivity contribution in [2.75, 3.05) is 10.6 Å². The Bertz CT molecular complexity index is 1560. The second kappa shape index (κ2) is 9.98. The lowest BCUT2D eigenvalue weighted by atomic mass is 10.1. The van der Waals surface area contributed by atoms with Crippen LogP contribution in [0.15, 0.2) is 99.8 Å². The van der Waals surface area contributed by atoms with E-state index in [9.17, 15) is 9.59 Å². The molecular weight excluding hydrogens is 476 g/mol. The number of carbonyl (C=O) groups is 2. The molecular formula is C29H21ClN2O4. The number of halogens is 1. The molecule has 0 aliphatic carbocycles. The summed E-state index contributed by atoms with van der Waals surface area (Å²) in [7, 11) is 0. The monoisotopic (exact) mass is 496 g/mol. The number of anilines is 2. The molecule has 6 nitrogen and oxygen atoms in total. The van der Waals surface area contributed by atoms with Crippen LogP contribution in [0.2, 0.25) is 5.02 Å². The van der Waals surface area contributed by atoms with Gasteiger partial charge in [0.25, 0.3) is 5.91 Å². The van der Waals surface area contributed by atoms with Gasteiger partial charge in [0.1, 0.15) is 17.1 Å². The second-order valence-electron chi connectivity index (χ2n) is 8.16. The van der Waals surface area contributed by atoms with E-state index in [2.05, 4.69) is 10.6 Å². The number of benzene rings is 3. The van der Waals surface area contributed by atoms with Crippen LogP contribution in [0.3, 0.4) is 0 Å². The van der Waals surface area contributed by atoms with Crippen molar-refractivity contribution in [3.63, 3.8) is 0 Å². The van der Waals surface area contributed by atoms with E-state index in [0.29, 0.717) is 33.5 Å². The van der Waals surface area contributed by atoms with Gasteiger partial charge in [0, 0.05) is 33.4 Å². The summed E-state index contributed by atoms with van der Waals surface area (Å²) in [4.78, 5) is 25.0. The Morgan fingerprint density at radius 1 is 0.861 bits per heavy atom. The van der Waals surface area contributed by atoms with Crippen LogP contribution in [0.1, 0.15) is 21.9 Å². The molecule has 0 aliphatic rings. The molecule has 0 saturated carbocycles. The quantitative estimate of drug-likeness (QED) is 0.237. The minimum atomic E-state index is -0.342. The summed E-state index contributed by atoms with van der Waals surface area (Å²) < 4.78 is 11.4. The molecule has 0 unspecified atom stereocenters. The van der Waals surface area contributed by atoms with E-state index in [1.807, 2.05) is 49.4 Å². The van der Waals surface area contributed by atoms with Crippen LogP contribution in [0.5, 0.6) is 0 Å². The number of hydrogen-bond acceptors (Lipinski definition) is 4. The van der Waals surface area contributed by atoms with Crippen molar-refractivity contribution < 1.29 is 18.4 Å². The maximum absolute atomic E-state index is 12.6. The third-order valence-electron chi connectivity index (χ3n) is 5.55. The first kappa shape index (κ1) is 23.2. The van der Waals surface area contributed by atoms with Crippen LogP contribution in [0.25, 0.3) is 28.4 Å². The Morgan fingerprint density at radius 2 is 1.67 bits per heavy atom. The zero-order valence-electron chi connectivity index (χ0n) is 19.2. The fourth-order valence-electron chi connectivity index (χ4n) is 3.71. The first-order chi connectivity index (χ1) is 17.4. The maximum atomic E-state index is 12.6. The highest BCUT2D eigenvalue weighted by atomic mass is 35.5. The van der Waals surface area contributed by atoms with Gasteiger partial charge < -0.3 is 19.5 Å². The van der Waals surface area contributed by atoms with Gasteiger partial charge in [-0.3, -0.25) is 9.59 Å². The zero-order chi connectivity index (χ0) is 25.1. The molecule has 2 N–H and O–H groups in total. The van der Waals surface area contributed by atoms with E-state index in [0.717, 1.165) is 16.5 Å². The van der Waals surface area contributed by atoms with E-state index in [1.165, 1.54) is 6.08 Å². The average molecular weight is 497 g/mol. The molecule has 178 valence electrons. The fraction of sp³-hybridized carbons (Fsp3) is 0.0345. The number of rotatable bonds is 6. The largest absolute Gasteiger partial charge is 0.457 e. The number of hydrogen-bond donors (Lipinski definition) is 2. The van der Waals surface area contributed by atoms with Gasteiger partial charge in [-0.15, -0.1) is 0 Å². The van der Waals surface area contributed by atoms with Gasteiger partial charge in [0.15, 0.2) is 5.76 Å². The molecule has 5 rings (SSSR count). The summed E-state index contributed by atoms with van der Waals surface area (Å²) in [6.45, 7) is 1.85. The number of amides is 2. The fourth-order valence-corrected chi connectivity index (χ4v) is 3.84. The van der Waals surface area contributed by atoms with Gasteiger partial charge in [-0.05, 0) is 85.3 Å². The smallest absolute Gasteiger partial charge is 0.291 e. The minimum Gasteiger partial charge on any atom is -0.457 e. The highest BCUT2D eigenvalue weighted by molar-refractivity contribution is 6.30. The molecule has 0 saturated heterocycles. The molecule has 0 spiro atoms. The molecule has 0 radical (unpaired) electrons. The van der Waals surface area contributed by atoms with Crippen molar-refractivity contribution in [1.29, 1.82) is 0 Å². The van der Waals surface area contributed by atoms with Crippen molar-refractivity contribution in [1.82, 2.24) is 0 Å². The van der Waals surface area contributed by atoms with Gasteiger partial charge in [-0.2, -0.15) is 0 Å². The SMILES string of the molecule is Cc1cc(NC(=O)/C=C/c2ccc(-c3ccc(Cl)cc3)o2)ccc1NC(=O)c1cc2ccccc2o1. The van der Waals surface area contributed by atoms with Gasteiger partial charge in [-0.1, -0.05) is 29.8 Å². The topological polar surface area (TPSA) is 84.5 Å². The van der Waals surface area contributed by atoms with Crippen LogP contribution in [-0.4, -0.2) is 11.8 Å². The normalized spacial score (nSPS) is 11.2. The van der Waals surface area contributed by atoms with Gasteiger partial charge >= 0.3 is 0 Å². The van der Waals surface area contributed by atoms with E-state index in [1.54, 1.807) is 48.5 Å². The molecule has 7 heteroatoms. The first-order valence-electron chi connectivity index (χ1n) is 11.2. The second-order valence-corrected chi connectivity index (χ2v) is 8.60. The number of aryl methyl sites for hydroxylation is 1. The Kier molecular flexibility index (Phi) is 6.43. The zero-order valence-corrected chi connectivity index (χ0v) is 20.0. The lowest BCUT2D eigenvalue weighted by Gasteiger charge is -2.09. The molecule has 3 aromatic carbocycles. The molecule has 5 aromatic rings. The predicted octanol–water partition coefficient (Wildman–Crippen LogP) is 7.56. The summed E-state index contributed by atoms with van der Waals surface area (Å²) in [5.74, 6) is 0.816. The molecule has 2 amide bonds. The predicted molar refractivity (Wildman–Crippen MR) is 142 cm³/mol. The lowest BCUT2D eigenvalue weighted by Crippen LogP contribution is -2.12. The first-order valence-corrected chi connectivity index (χ1v) is 11.6. The highest BCUT2D eigenvalue weighted by Gasteiger charge is 2.14. The molecule has 0 fully saturated rings. The molecule has 2 heterocycles. The highest BCUT2D eigenvalue weighted by Crippen LogP contribution is 2.25. The van der Waals surface area contributed by atoms with Crippen molar-refractivity contribution in [2.24, 2.45) is 0 Å². The van der Waals surface area contributed by atoms with E-state index >= 15 is 0 Å². The summed E-state index contributed by atoms with van der Waals surface area (Å²) in [6, 6.07) is 25.3. The molecule has 0 aliphatic heterocycles. The van der Waals surface area contributed by atoms with E-state index < -0.39 is 0 Å². The third-order valence-corrected chi connectivity index (χ3v) is 5.80. The van der Waals surface area contributed by atoms with Crippen LogP contribution in [-0.2, 0) is 4.79 Å². The van der Waals surface area contributed by atoms with Gasteiger partial charge in [0.05, 0.1) is 0 Å². The van der Waals surface area contributed by atoms with Crippen molar-refractivity contribution in [3.05, 3.63) is 113 Å². The Balaban J connectivity index is 1.20. The summed E-state index contributed by atoms with van der Waals surface area (Å²) in [5.41, 5.74) is 3.57. The van der Waals surface area contributed by atoms with Gasteiger partial charge in [0.2, 0.25) is 5.91 Å². The molecule has 2 aromatic heterocycles. The third kappa shape index (κ3) is 5.24. The number of nitrogens with one attached hydrogen (secondary N) is 2. The number of fused-ring (bicyclic) bond motifs is 1. The Labute approximate surface area is 212 Å². The van der Waals surface area contributed by atoms with Crippen LogP contribution in [0, 0.1) is 6.92 Å². The summed E-state index contributed by atoms with van der Waals surface area (Å²) in [6.07, 6.45) is 3.00. The summed E-state index contributed by atoms with van der Waals surface area (Å²) >= 11 is 5.93. The number of carbonyl (C=O) groups excluding carboxylic acids is 2. The summed E-state index contributed by atoms with van der Waals surface area (Å²) in [5, 5.41) is 7.18. The lowest BCUT2D eigenvalue weighted by molar-refractivity contribution is -0.111. The molecule has 0 bridgehead atoms. The van der Waals surface area contributed by atoms with E-state index in [-0.39, 0.29) is 17.6 Å². The van der Waals surface area contributed by atoms with Crippen LogP contribution >= 0.6 is 11.6 Å². The van der Waals surface area contributed by atoms with Crippen LogP contribution < -0.4 is 10.6 Å². The Hall–Kier alpha value is -4.55. The van der Waals surface area contributed by atoms with Gasteiger partial charge in [-0.25, -0.2) is 0 Å². The minimum absolute atomic E-state index is 0.232. The van der Waals surface area contributed by atoms with Crippen molar-refractivity contribution >= 4 is 51.8 Å². The van der Waals surface area contributed by atoms with Crippen molar-refractivity contribution in [3.8, 4) is 11.3 Å². The molecule has 0 atom stereocenters. The number of furan rings is 2. The van der Waals surface area contributed by atoms with Crippen LogP contribution in [0.4, 0.5) is 11.4 Å². The standard InChI is InChI=1S/C29H21ClN2O4/c1-18-16-22(10-13-24(18)32-29(34)27-17-20-4-2-3-5-25(20)36-27)31-28(33)15-12-23-11-14-26(35-23)19-6-8-21(30)9-7-19/h2-17H,1H3,(H,31,33)(H,32,34)/b15-12+. The Morgan fingerprint density at radius 3 is 2.44 bits per heavy atom. The van der Waals surface area contributed by atoms with Crippen molar-refractivity contribution in [2.45, 2.75) is 6.92 Å².